The minimum Gasteiger partial charge on any atom is -0.327 e. The van der Waals surface area contributed by atoms with Crippen molar-refractivity contribution in [2.75, 3.05) is 16.8 Å². The molecule has 0 saturated heterocycles. The molecule has 1 aromatic rings. The number of carbonyl (C=O) groups excluding carboxylic acids is 1. The van der Waals surface area contributed by atoms with Crippen LogP contribution in [0.4, 0.5) is 5.13 Å². The molecule has 0 aliphatic carbocycles. The van der Waals surface area contributed by atoms with E-state index in [9.17, 15) is 4.79 Å². The fraction of sp³-hybridized carbons (Fsp3) is 0.556. The molecule has 0 radical (unpaired) electrons. The van der Waals surface area contributed by atoms with E-state index in [2.05, 4.69) is 10.3 Å². The van der Waals surface area contributed by atoms with Gasteiger partial charge in [-0.05, 0) is 13.8 Å². The Balaban J connectivity index is 2.24. The molecule has 1 heterocycles. The smallest absolute Gasteiger partial charge is 0.236 e. The van der Waals surface area contributed by atoms with Crippen molar-refractivity contribution in [3.8, 4) is 0 Å². The molecule has 1 aromatic heterocycles. The maximum atomic E-state index is 11.4. The number of anilines is 1. The summed E-state index contributed by atoms with van der Waals surface area (Å²) in [5.74, 6) is 1.21. The Morgan fingerprint density at radius 2 is 2.53 bits per heavy atom. The van der Waals surface area contributed by atoms with Gasteiger partial charge in [0.2, 0.25) is 5.91 Å². The summed E-state index contributed by atoms with van der Waals surface area (Å²) in [5, 5.41) is 5.32. The third-order valence-corrected chi connectivity index (χ3v) is 3.58. The molecule has 84 valence electrons. The summed E-state index contributed by atoms with van der Waals surface area (Å²) < 4.78 is 0. The molecule has 0 aromatic carbocycles. The highest BCUT2D eigenvalue weighted by Gasteiger charge is 2.05. The number of nitrogens with two attached hydrogens (primary N) is 1. The lowest BCUT2D eigenvalue weighted by Gasteiger charge is -2.04. The minimum absolute atomic E-state index is 0.0185. The largest absolute Gasteiger partial charge is 0.327 e. The number of thioether (sulfide) groups is 1. The number of amides is 1. The zero-order valence-electron chi connectivity index (χ0n) is 8.82. The predicted molar refractivity (Wildman–Crippen MR) is 66.5 cm³/mol. The molecule has 3 N–H and O–H groups in total. The summed E-state index contributed by atoms with van der Waals surface area (Å²) >= 11 is 2.98. The number of nitrogens with zero attached hydrogens (tertiary/aromatic N) is 1. The highest BCUT2D eigenvalue weighted by atomic mass is 32.2. The predicted octanol–water partition coefficient (Wildman–Crippen LogP) is 1.47. The van der Waals surface area contributed by atoms with Crippen LogP contribution in [0.15, 0.2) is 5.38 Å². The van der Waals surface area contributed by atoms with Crippen LogP contribution in [0.25, 0.3) is 0 Å². The van der Waals surface area contributed by atoms with E-state index in [4.69, 9.17) is 5.73 Å². The average Bonchev–Trinajstić information content (AvgIpc) is 2.50. The standard InChI is InChI=1S/C9H15N3OS2/c1-6(10)3-14-5-8(13)12-9-11-7(2)4-15-9/h4,6H,3,5,10H2,1-2H3,(H,11,12,13). The van der Waals surface area contributed by atoms with E-state index in [-0.39, 0.29) is 11.9 Å². The van der Waals surface area contributed by atoms with Crippen LogP contribution in [0.1, 0.15) is 12.6 Å². The van der Waals surface area contributed by atoms with Crippen LogP contribution in [0, 0.1) is 6.92 Å². The number of aryl methyl sites for hydroxylation is 1. The van der Waals surface area contributed by atoms with Gasteiger partial charge in [0.05, 0.1) is 11.4 Å². The summed E-state index contributed by atoms with van der Waals surface area (Å²) in [6.07, 6.45) is 0. The minimum atomic E-state index is -0.0185. The molecule has 0 saturated carbocycles. The second-order valence-corrected chi connectivity index (χ2v) is 5.22. The number of nitrogens with one attached hydrogen (secondary N) is 1. The third-order valence-electron chi connectivity index (χ3n) is 1.48. The Hall–Kier alpha value is -0.590. The van der Waals surface area contributed by atoms with Gasteiger partial charge < -0.3 is 11.1 Å². The maximum Gasteiger partial charge on any atom is 0.236 e. The van der Waals surface area contributed by atoms with E-state index in [1.54, 1.807) is 0 Å². The Labute approximate surface area is 97.7 Å². The molecular formula is C9H15N3OS2. The zero-order chi connectivity index (χ0) is 11.3. The first-order valence-corrected chi connectivity index (χ1v) is 6.66. The van der Waals surface area contributed by atoms with Gasteiger partial charge in [0.1, 0.15) is 0 Å². The molecule has 1 rings (SSSR count). The van der Waals surface area contributed by atoms with Crippen molar-refractivity contribution in [1.29, 1.82) is 0 Å². The molecule has 4 nitrogen and oxygen atoms in total. The maximum absolute atomic E-state index is 11.4. The molecule has 0 aliphatic heterocycles. The molecule has 6 heteroatoms. The summed E-state index contributed by atoms with van der Waals surface area (Å²) in [7, 11) is 0. The summed E-state index contributed by atoms with van der Waals surface area (Å²) in [5.41, 5.74) is 6.50. The number of hydrogen-bond donors (Lipinski definition) is 2. The van der Waals surface area contributed by atoms with Gasteiger partial charge in [-0.2, -0.15) is 11.8 Å². The lowest BCUT2D eigenvalue weighted by atomic mass is 10.4. The van der Waals surface area contributed by atoms with E-state index in [0.29, 0.717) is 10.9 Å². The number of carbonyl (C=O) groups is 1. The van der Waals surface area contributed by atoms with Crippen LogP contribution in [0.3, 0.4) is 0 Å². The van der Waals surface area contributed by atoms with Gasteiger partial charge in [0, 0.05) is 17.2 Å². The van der Waals surface area contributed by atoms with Gasteiger partial charge >= 0.3 is 0 Å². The van der Waals surface area contributed by atoms with E-state index in [1.807, 2.05) is 19.2 Å². The number of aromatic nitrogens is 1. The van der Waals surface area contributed by atoms with E-state index in [0.717, 1.165) is 11.4 Å². The molecule has 0 fully saturated rings. The van der Waals surface area contributed by atoms with Crippen molar-refractivity contribution in [2.45, 2.75) is 19.9 Å². The van der Waals surface area contributed by atoms with Gasteiger partial charge in [-0.25, -0.2) is 4.98 Å². The molecule has 15 heavy (non-hydrogen) atoms. The van der Waals surface area contributed by atoms with E-state index < -0.39 is 0 Å². The van der Waals surface area contributed by atoms with Gasteiger partial charge in [-0.15, -0.1) is 11.3 Å². The Morgan fingerprint density at radius 1 is 1.80 bits per heavy atom. The van der Waals surface area contributed by atoms with E-state index >= 15 is 0 Å². The Morgan fingerprint density at radius 3 is 3.07 bits per heavy atom. The van der Waals surface area contributed by atoms with Crippen LogP contribution < -0.4 is 11.1 Å². The van der Waals surface area contributed by atoms with Gasteiger partial charge in [0.25, 0.3) is 0 Å². The fourth-order valence-corrected chi connectivity index (χ4v) is 2.36. The van der Waals surface area contributed by atoms with E-state index in [1.165, 1.54) is 23.1 Å². The summed E-state index contributed by atoms with van der Waals surface area (Å²) in [4.78, 5) is 15.5. The van der Waals surface area contributed by atoms with Crippen LogP contribution in [0.2, 0.25) is 0 Å². The van der Waals surface area contributed by atoms with Gasteiger partial charge in [-0.3, -0.25) is 4.79 Å². The van der Waals surface area contributed by atoms with Gasteiger partial charge in [-0.1, -0.05) is 0 Å². The van der Waals surface area contributed by atoms with Crippen LogP contribution in [0.5, 0.6) is 0 Å². The second-order valence-electron chi connectivity index (χ2n) is 3.33. The second kappa shape index (κ2) is 6.09. The van der Waals surface area contributed by atoms with Crippen LogP contribution >= 0.6 is 23.1 Å². The van der Waals surface area contributed by atoms with Crippen molar-refractivity contribution in [3.63, 3.8) is 0 Å². The molecule has 0 spiro atoms. The average molecular weight is 245 g/mol. The van der Waals surface area contributed by atoms with Crippen molar-refractivity contribution >= 4 is 34.1 Å². The lowest BCUT2D eigenvalue weighted by molar-refractivity contribution is -0.113. The quantitative estimate of drug-likeness (QED) is 0.824. The SMILES string of the molecule is Cc1csc(NC(=O)CSCC(C)N)n1. The number of thiazole rings is 1. The highest BCUT2D eigenvalue weighted by molar-refractivity contribution is 8.00. The van der Waals surface area contributed by atoms with Crippen molar-refractivity contribution < 1.29 is 4.79 Å². The third kappa shape index (κ3) is 5.15. The monoisotopic (exact) mass is 245 g/mol. The summed E-state index contributed by atoms with van der Waals surface area (Å²) in [6, 6.07) is 0.130. The highest BCUT2D eigenvalue weighted by Crippen LogP contribution is 2.14. The molecule has 1 atom stereocenters. The lowest BCUT2D eigenvalue weighted by Crippen LogP contribution is -2.20. The van der Waals surface area contributed by atoms with Crippen LogP contribution in [-0.2, 0) is 4.79 Å². The molecular weight excluding hydrogens is 230 g/mol. The number of hydrogen-bond acceptors (Lipinski definition) is 5. The zero-order valence-corrected chi connectivity index (χ0v) is 10.5. The topological polar surface area (TPSA) is 68.0 Å². The van der Waals surface area contributed by atoms with Crippen molar-refractivity contribution in [2.24, 2.45) is 5.73 Å². The summed E-state index contributed by atoms with van der Waals surface area (Å²) in [6.45, 7) is 3.83. The first-order chi connectivity index (χ1) is 7.08. The number of rotatable bonds is 5. The molecule has 1 unspecified atom stereocenters. The van der Waals surface area contributed by atoms with Crippen LogP contribution in [-0.4, -0.2) is 28.4 Å². The van der Waals surface area contributed by atoms with Gasteiger partial charge in [0.15, 0.2) is 5.13 Å². The van der Waals surface area contributed by atoms with Crippen molar-refractivity contribution in [1.82, 2.24) is 4.98 Å². The Kier molecular flexibility index (Phi) is 5.07. The normalized spacial score (nSPS) is 12.5. The van der Waals surface area contributed by atoms with Crippen molar-refractivity contribution in [3.05, 3.63) is 11.1 Å². The first-order valence-electron chi connectivity index (χ1n) is 4.63. The fourth-order valence-electron chi connectivity index (χ4n) is 0.904. The molecule has 1 amide bonds. The molecule has 0 aliphatic rings. The first kappa shape index (κ1) is 12.5. The Bertz CT molecular complexity index is 325. The molecule has 0 bridgehead atoms.